The molecule has 0 aliphatic heterocycles. The lowest BCUT2D eigenvalue weighted by molar-refractivity contribution is 0.293. The van der Waals surface area contributed by atoms with Gasteiger partial charge in [-0.15, -0.1) is 0 Å². The van der Waals surface area contributed by atoms with Crippen molar-refractivity contribution in [1.82, 2.24) is 4.90 Å². The van der Waals surface area contributed by atoms with Gasteiger partial charge in [0.1, 0.15) is 0 Å². The Kier molecular flexibility index (Phi) is 5.08. The molecule has 1 aromatic carbocycles. The number of hydrogen-bond donors (Lipinski definition) is 1. The fraction of sp³-hybridized carbons (Fsp3) is 0.600. The average Bonchev–Trinajstić information content (AvgIpc) is 2.24. The molecular formula is C15H25NS. The molecule has 0 radical (unpaired) electrons. The van der Waals surface area contributed by atoms with E-state index < -0.39 is 0 Å². The van der Waals surface area contributed by atoms with Crippen molar-refractivity contribution in [2.24, 2.45) is 0 Å². The monoisotopic (exact) mass is 251 g/mol. The maximum absolute atomic E-state index is 4.34. The summed E-state index contributed by atoms with van der Waals surface area (Å²) in [5.41, 5.74) is 3.01. The standard InChI is InChI=1S/C15H25NS/c1-15(2,3)13-8-6-12(7-9-13)14(10-11-17)16(4)5/h6-9,14,17H,10-11H2,1-5H3. The molecule has 0 saturated heterocycles. The first-order valence-electron chi connectivity index (χ1n) is 6.24. The zero-order valence-corrected chi connectivity index (χ0v) is 12.6. The number of hydrogen-bond acceptors (Lipinski definition) is 2. The zero-order chi connectivity index (χ0) is 13.1. The highest BCUT2D eigenvalue weighted by atomic mass is 32.1. The molecule has 0 aliphatic carbocycles. The summed E-state index contributed by atoms with van der Waals surface area (Å²) in [6.07, 6.45) is 1.09. The lowest BCUT2D eigenvalue weighted by atomic mass is 9.86. The molecule has 0 spiro atoms. The lowest BCUT2D eigenvalue weighted by Crippen LogP contribution is -2.20. The Labute approximate surface area is 112 Å². The second kappa shape index (κ2) is 5.92. The molecule has 0 amide bonds. The van der Waals surface area contributed by atoms with Crippen LogP contribution >= 0.6 is 12.6 Å². The molecule has 0 aliphatic rings. The molecular weight excluding hydrogens is 226 g/mol. The average molecular weight is 251 g/mol. The maximum atomic E-state index is 4.34. The van der Waals surface area contributed by atoms with Gasteiger partial charge in [0, 0.05) is 6.04 Å². The fourth-order valence-electron chi connectivity index (χ4n) is 2.05. The zero-order valence-electron chi connectivity index (χ0n) is 11.7. The van der Waals surface area contributed by atoms with E-state index in [0.717, 1.165) is 12.2 Å². The minimum atomic E-state index is 0.232. The molecule has 17 heavy (non-hydrogen) atoms. The van der Waals surface area contributed by atoms with Crippen LogP contribution in [0.5, 0.6) is 0 Å². The molecule has 0 aromatic heterocycles. The van der Waals surface area contributed by atoms with Gasteiger partial charge in [0.25, 0.3) is 0 Å². The van der Waals surface area contributed by atoms with Gasteiger partial charge in [-0.25, -0.2) is 0 Å². The highest BCUT2D eigenvalue weighted by Gasteiger charge is 2.16. The summed E-state index contributed by atoms with van der Waals surface area (Å²) in [7, 11) is 4.26. The SMILES string of the molecule is CN(C)C(CCS)c1ccc(C(C)(C)C)cc1. The van der Waals surface area contributed by atoms with Gasteiger partial charge in [-0.3, -0.25) is 0 Å². The molecule has 1 aromatic rings. The van der Waals surface area contributed by atoms with Crippen LogP contribution in [0.15, 0.2) is 24.3 Å². The van der Waals surface area contributed by atoms with E-state index in [9.17, 15) is 0 Å². The first kappa shape index (κ1) is 14.6. The third-order valence-corrected chi connectivity index (χ3v) is 3.45. The van der Waals surface area contributed by atoms with E-state index >= 15 is 0 Å². The molecule has 0 saturated carbocycles. The van der Waals surface area contributed by atoms with Gasteiger partial charge in [-0.1, -0.05) is 45.0 Å². The van der Waals surface area contributed by atoms with E-state index in [2.05, 4.69) is 76.7 Å². The van der Waals surface area contributed by atoms with Crippen molar-refractivity contribution in [3.8, 4) is 0 Å². The quantitative estimate of drug-likeness (QED) is 0.794. The van der Waals surface area contributed by atoms with E-state index in [1.54, 1.807) is 0 Å². The van der Waals surface area contributed by atoms with Crippen LogP contribution in [0.25, 0.3) is 0 Å². The highest BCUT2D eigenvalue weighted by molar-refractivity contribution is 7.80. The van der Waals surface area contributed by atoms with Crippen LogP contribution in [0.4, 0.5) is 0 Å². The second-order valence-corrected chi connectivity index (χ2v) is 6.31. The first-order chi connectivity index (χ1) is 7.86. The van der Waals surface area contributed by atoms with Crippen LogP contribution in [0.2, 0.25) is 0 Å². The molecule has 0 heterocycles. The van der Waals surface area contributed by atoms with Crippen molar-refractivity contribution >= 4 is 12.6 Å². The molecule has 2 heteroatoms. The number of benzene rings is 1. The molecule has 1 unspecified atom stereocenters. The van der Waals surface area contributed by atoms with Crippen molar-refractivity contribution < 1.29 is 0 Å². The molecule has 0 N–H and O–H groups in total. The van der Waals surface area contributed by atoms with Gasteiger partial charge in [0.15, 0.2) is 0 Å². The van der Waals surface area contributed by atoms with Gasteiger partial charge >= 0.3 is 0 Å². The second-order valence-electron chi connectivity index (χ2n) is 5.86. The van der Waals surface area contributed by atoms with Crippen LogP contribution in [0, 0.1) is 0 Å². The molecule has 0 fully saturated rings. The van der Waals surface area contributed by atoms with Crippen molar-refractivity contribution in [3.63, 3.8) is 0 Å². The summed E-state index contributed by atoms with van der Waals surface area (Å²) in [4.78, 5) is 2.27. The van der Waals surface area contributed by atoms with Crippen molar-refractivity contribution in [3.05, 3.63) is 35.4 Å². The molecule has 1 atom stereocenters. The maximum Gasteiger partial charge on any atom is 0.0349 e. The van der Waals surface area contributed by atoms with Crippen molar-refractivity contribution in [1.29, 1.82) is 0 Å². The molecule has 96 valence electrons. The summed E-state index contributed by atoms with van der Waals surface area (Å²) in [5.74, 6) is 0.921. The Morgan fingerprint density at radius 2 is 1.65 bits per heavy atom. The van der Waals surface area contributed by atoms with Crippen LogP contribution in [0.3, 0.4) is 0 Å². The van der Waals surface area contributed by atoms with Crippen LogP contribution in [-0.4, -0.2) is 24.7 Å². The Hall–Kier alpha value is -0.470. The Bertz CT molecular complexity index is 335. The van der Waals surface area contributed by atoms with Gasteiger partial charge in [-0.05, 0) is 42.8 Å². The third kappa shape index (κ3) is 4.04. The summed E-state index contributed by atoms with van der Waals surface area (Å²) >= 11 is 4.34. The Morgan fingerprint density at radius 3 is 2.00 bits per heavy atom. The highest BCUT2D eigenvalue weighted by Crippen LogP contribution is 2.27. The number of rotatable bonds is 4. The van der Waals surface area contributed by atoms with E-state index in [4.69, 9.17) is 0 Å². The normalized spacial score (nSPS) is 14.1. The fourth-order valence-corrected chi connectivity index (χ4v) is 2.30. The third-order valence-electron chi connectivity index (χ3n) is 3.19. The van der Waals surface area contributed by atoms with Crippen molar-refractivity contribution in [2.75, 3.05) is 19.8 Å². The van der Waals surface area contributed by atoms with Crippen LogP contribution in [0.1, 0.15) is 44.4 Å². The minimum absolute atomic E-state index is 0.232. The summed E-state index contributed by atoms with van der Waals surface area (Å²) < 4.78 is 0. The number of nitrogens with zero attached hydrogens (tertiary/aromatic N) is 1. The Balaban J connectivity index is 2.92. The number of thiol groups is 1. The predicted molar refractivity (Wildman–Crippen MR) is 80.0 cm³/mol. The van der Waals surface area contributed by atoms with Crippen LogP contribution < -0.4 is 0 Å². The molecule has 1 nitrogen and oxygen atoms in total. The van der Waals surface area contributed by atoms with Crippen molar-refractivity contribution in [2.45, 2.75) is 38.6 Å². The van der Waals surface area contributed by atoms with Gasteiger partial charge in [-0.2, -0.15) is 12.6 Å². The van der Waals surface area contributed by atoms with E-state index in [0.29, 0.717) is 6.04 Å². The van der Waals surface area contributed by atoms with E-state index in [1.165, 1.54) is 11.1 Å². The van der Waals surface area contributed by atoms with Gasteiger partial charge in [0.05, 0.1) is 0 Å². The first-order valence-corrected chi connectivity index (χ1v) is 6.87. The van der Waals surface area contributed by atoms with E-state index in [-0.39, 0.29) is 5.41 Å². The van der Waals surface area contributed by atoms with Gasteiger partial charge < -0.3 is 4.90 Å². The molecule has 1 rings (SSSR count). The lowest BCUT2D eigenvalue weighted by Gasteiger charge is -2.25. The smallest absolute Gasteiger partial charge is 0.0349 e. The minimum Gasteiger partial charge on any atom is -0.302 e. The predicted octanol–water partition coefficient (Wildman–Crippen LogP) is 3.91. The topological polar surface area (TPSA) is 3.24 Å². The Morgan fingerprint density at radius 1 is 1.12 bits per heavy atom. The largest absolute Gasteiger partial charge is 0.302 e. The van der Waals surface area contributed by atoms with E-state index in [1.807, 2.05) is 0 Å². The van der Waals surface area contributed by atoms with Gasteiger partial charge in [0.2, 0.25) is 0 Å². The summed E-state index contributed by atoms with van der Waals surface area (Å²) in [6.45, 7) is 6.75. The molecule has 0 bridgehead atoms. The summed E-state index contributed by atoms with van der Waals surface area (Å²) in [6, 6.07) is 9.50. The van der Waals surface area contributed by atoms with Crippen LogP contribution in [-0.2, 0) is 5.41 Å². The summed E-state index contributed by atoms with van der Waals surface area (Å²) in [5, 5.41) is 0.